The summed E-state index contributed by atoms with van der Waals surface area (Å²) in [6.07, 6.45) is 1.55. The van der Waals surface area contributed by atoms with Crippen LogP contribution in [-0.2, 0) is 0 Å². The minimum Gasteiger partial charge on any atom is -0.267 e. The van der Waals surface area contributed by atoms with Gasteiger partial charge in [0.15, 0.2) is 0 Å². The van der Waals surface area contributed by atoms with Crippen LogP contribution in [-0.4, -0.2) is 12.1 Å². The molecule has 0 aliphatic rings. The van der Waals surface area contributed by atoms with Crippen LogP contribution < -0.4 is 5.43 Å². The monoisotopic (exact) mass is 292 g/mol. The molecule has 0 aliphatic carbocycles. The lowest BCUT2D eigenvalue weighted by molar-refractivity contribution is 0.0955. The molecule has 0 saturated heterocycles. The highest BCUT2D eigenvalue weighted by molar-refractivity contribution is 6.35. The van der Waals surface area contributed by atoms with Crippen LogP contribution in [0.3, 0.4) is 0 Å². The molecular formula is C14H10Cl2N2O. The van der Waals surface area contributed by atoms with Gasteiger partial charge in [0.2, 0.25) is 0 Å². The summed E-state index contributed by atoms with van der Waals surface area (Å²) in [7, 11) is 0. The highest BCUT2D eigenvalue weighted by Crippen LogP contribution is 2.20. The zero-order valence-corrected chi connectivity index (χ0v) is 11.3. The normalized spacial score (nSPS) is 10.6. The summed E-state index contributed by atoms with van der Waals surface area (Å²) in [5.41, 5.74) is 3.58. The molecule has 3 nitrogen and oxygen atoms in total. The van der Waals surface area contributed by atoms with Crippen molar-refractivity contribution in [2.45, 2.75) is 0 Å². The zero-order chi connectivity index (χ0) is 13.7. The van der Waals surface area contributed by atoms with Crippen molar-refractivity contribution in [3.8, 4) is 0 Å². The Morgan fingerprint density at radius 2 is 1.84 bits per heavy atom. The molecule has 0 atom stereocenters. The molecule has 19 heavy (non-hydrogen) atoms. The Kier molecular flexibility index (Phi) is 4.55. The number of benzene rings is 2. The van der Waals surface area contributed by atoms with Crippen molar-refractivity contribution in [2.24, 2.45) is 5.10 Å². The molecule has 2 aromatic rings. The lowest BCUT2D eigenvalue weighted by Crippen LogP contribution is -2.18. The van der Waals surface area contributed by atoms with E-state index in [1.165, 1.54) is 6.07 Å². The summed E-state index contributed by atoms with van der Waals surface area (Å²) in [6, 6.07) is 14.1. The van der Waals surface area contributed by atoms with Gasteiger partial charge in [0.05, 0.1) is 16.8 Å². The highest BCUT2D eigenvalue weighted by atomic mass is 35.5. The minimum absolute atomic E-state index is 0.291. The van der Waals surface area contributed by atoms with E-state index in [9.17, 15) is 4.79 Å². The van der Waals surface area contributed by atoms with Crippen LogP contribution in [0.4, 0.5) is 0 Å². The third kappa shape index (κ3) is 3.81. The third-order valence-corrected chi connectivity index (χ3v) is 2.92. The molecule has 0 heterocycles. The van der Waals surface area contributed by atoms with Crippen LogP contribution in [0, 0.1) is 0 Å². The first-order valence-electron chi connectivity index (χ1n) is 5.50. The maximum atomic E-state index is 11.8. The first-order chi connectivity index (χ1) is 9.16. The molecule has 2 aromatic carbocycles. The average Bonchev–Trinajstić information content (AvgIpc) is 2.42. The van der Waals surface area contributed by atoms with E-state index in [4.69, 9.17) is 23.2 Å². The lowest BCUT2D eigenvalue weighted by atomic mass is 10.2. The van der Waals surface area contributed by atoms with Crippen molar-refractivity contribution < 1.29 is 4.79 Å². The van der Waals surface area contributed by atoms with Crippen molar-refractivity contribution >= 4 is 35.3 Å². The third-order valence-electron chi connectivity index (χ3n) is 2.35. The van der Waals surface area contributed by atoms with Crippen molar-refractivity contribution in [3.05, 3.63) is 69.7 Å². The second-order valence-corrected chi connectivity index (χ2v) is 4.58. The molecule has 96 valence electrons. The predicted molar refractivity (Wildman–Crippen MR) is 78.0 cm³/mol. The molecule has 0 saturated carbocycles. The number of rotatable bonds is 3. The fraction of sp³-hybridized carbons (Fsp3) is 0. The molecule has 0 unspecified atom stereocenters. The Balaban J connectivity index is 2.06. The van der Waals surface area contributed by atoms with Gasteiger partial charge in [0, 0.05) is 5.02 Å². The number of nitrogens with zero attached hydrogens (tertiary/aromatic N) is 1. The van der Waals surface area contributed by atoms with E-state index in [1.54, 1.807) is 18.3 Å². The van der Waals surface area contributed by atoms with Crippen molar-refractivity contribution in [2.75, 3.05) is 0 Å². The van der Waals surface area contributed by atoms with Crippen molar-refractivity contribution in [3.63, 3.8) is 0 Å². The first-order valence-corrected chi connectivity index (χ1v) is 6.26. The van der Waals surface area contributed by atoms with Gasteiger partial charge in [-0.15, -0.1) is 0 Å². The number of hydrogen-bond donors (Lipinski definition) is 1. The second-order valence-electron chi connectivity index (χ2n) is 3.73. The second kappa shape index (κ2) is 6.36. The number of nitrogens with one attached hydrogen (secondary N) is 1. The Hall–Kier alpha value is -1.84. The zero-order valence-electron chi connectivity index (χ0n) is 9.81. The number of halogens is 2. The van der Waals surface area contributed by atoms with Gasteiger partial charge < -0.3 is 0 Å². The molecule has 0 fully saturated rings. The van der Waals surface area contributed by atoms with E-state index in [0.29, 0.717) is 15.6 Å². The van der Waals surface area contributed by atoms with Crippen LogP contribution in [0.2, 0.25) is 10.0 Å². The van der Waals surface area contributed by atoms with E-state index in [2.05, 4.69) is 10.5 Å². The summed E-state index contributed by atoms with van der Waals surface area (Å²) in [6.45, 7) is 0. The topological polar surface area (TPSA) is 41.5 Å². The molecule has 1 amide bonds. The highest BCUT2D eigenvalue weighted by Gasteiger charge is 2.09. The predicted octanol–water partition coefficient (Wildman–Crippen LogP) is 3.76. The van der Waals surface area contributed by atoms with Crippen molar-refractivity contribution in [1.29, 1.82) is 0 Å². The molecule has 5 heteroatoms. The van der Waals surface area contributed by atoms with Crippen LogP contribution in [0.1, 0.15) is 15.9 Å². The van der Waals surface area contributed by atoms with Gasteiger partial charge in [0.1, 0.15) is 0 Å². The largest absolute Gasteiger partial charge is 0.272 e. The number of hydrazone groups is 1. The van der Waals surface area contributed by atoms with Gasteiger partial charge in [0.25, 0.3) is 5.91 Å². The van der Waals surface area contributed by atoms with Gasteiger partial charge in [-0.2, -0.15) is 5.10 Å². The van der Waals surface area contributed by atoms with E-state index >= 15 is 0 Å². The number of carbonyl (C=O) groups is 1. The Bertz CT molecular complexity index is 612. The van der Waals surface area contributed by atoms with Crippen LogP contribution in [0.25, 0.3) is 0 Å². The summed E-state index contributed by atoms with van der Waals surface area (Å²) in [5, 5.41) is 4.64. The van der Waals surface area contributed by atoms with Gasteiger partial charge in [-0.1, -0.05) is 53.5 Å². The molecule has 2 rings (SSSR count). The van der Waals surface area contributed by atoms with Gasteiger partial charge in [-0.25, -0.2) is 5.43 Å². The summed E-state index contributed by atoms with van der Waals surface area (Å²) in [4.78, 5) is 11.8. The molecule has 0 aromatic heterocycles. The van der Waals surface area contributed by atoms with Gasteiger partial charge in [-0.3, -0.25) is 4.79 Å². The molecule has 1 N–H and O–H groups in total. The van der Waals surface area contributed by atoms with Gasteiger partial charge in [-0.05, 0) is 23.8 Å². The molecular weight excluding hydrogens is 283 g/mol. The van der Waals surface area contributed by atoms with Crippen LogP contribution in [0.15, 0.2) is 53.6 Å². The first kappa shape index (κ1) is 13.6. The van der Waals surface area contributed by atoms with Crippen molar-refractivity contribution in [1.82, 2.24) is 5.43 Å². The van der Waals surface area contributed by atoms with E-state index in [0.717, 1.165) is 5.56 Å². The Morgan fingerprint density at radius 1 is 1.11 bits per heavy atom. The number of hydrogen-bond acceptors (Lipinski definition) is 2. The maximum absolute atomic E-state index is 11.8. The number of carbonyl (C=O) groups excluding carboxylic acids is 1. The summed E-state index contributed by atoms with van der Waals surface area (Å²) in [5.74, 6) is -0.403. The molecule has 0 aliphatic heterocycles. The van der Waals surface area contributed by atoms with Gasteiger partial charge >= 0.3 is 0 Å². The van der Waals surface area contributed by atoms with E-state index in [1.807, 2.05) is 30.3 Å². The molecule has 0 radical (unpaired) electrons. The Morgan fingerprint density at radius 3 is 2.58 bits per heavy atom. The quantitative estimate of drug-likeness (QED) is 0.679. The minimum atomic E-state index is -0.403. The van der Waals surface area contributed by atoms with Crippen LogP contribution >= 0.6 is 23.2 Å². The average molecular weight is 293 g/mol. The fourth-order valence-corrected chi connectivity index (χ4v) is 1.81. The Labute approximate surface area is 120 Å². The number of amides is 1. The summed E-state index contributed by atoms with van der Waals surface area (Å²) >= 11 is 11.7. The van der Waals surface area contributed by atoms with E-state index < -0.39 is 5.91 Å². The SMILES string of the molecule is O=C(N/N=C\c1ccccc1)c1cc(Cl)ccc1Cl. The maximum Gasteiger partial charge on any atom is 0.272 e. The fourth-order valence-electron chi connectivity index (χ4n) is 1.44. The van der Waals surface area contributed by atoms with E-state index in [-0.39, 0.29) is 0 Å². The van der Waals surface area contributed by atoms with Crippen LogP contribution in [0.5, 0.6) is 0 Å². The molecule has 0 bridgehead atoms. The summed E-state index contributed by atoms with van der Waals surface area (Å²) < 4.78 is 0. The smallest absolute Gasteiger partial charge is 0.267 e. The molecule has 0 spiro atoms. The lowest BCUT2D eigenvalue weighted by Gasteiger charge is -2.02. The standard InChI is InChI=1S/C14H10Cl2N2O/c15-11-6-7-13(16)12(8-11)14(19)18-17-9-10-4-2-1-3-5-10/h1-9H,(H,18,19)/b17-9-.